The SMILES string of the molecule is CNCCN(C)C(=O)c1cccc(CSc2ccc(C)cc2C)c1. The molecule has 0 atom stereocenters. The Balaban J connectivity index is 2.03. The third-order valence-corrected chi connectivity index (χ3v) is 5.19. The summed E-state index contributed by atoms with van der Waals surface area (Å²) in [6.45, 7) is 5.76. The molecule has 0 spiro atoms. The van der Waals surface area contributed by atoms with Gasteiger partial charge in [-0.1, -0.05) is 29.8 Å². The first kappa shape index (κ1) is 18.6. The maximum Gasteiger partial charge on any atom is 0.253 e. The predicted molar refractivity (Wildman–Crippen MR) is 103 cm³/mol. The Hall–Kier alpha value is -1.78. The van der Waals surface area contributed by atoms with Crippen molar-refractivity contribution < 1.29 is 4.79 Å². The van der Waals surface area contributed by atoms with Crippen molar-refractivity contribution >= 4 is 17.7 Å². The van der Waals surface area contributed by atoms with E-state index in [1.165, 1.54) is 21.6 Å². The van der Waals surface area contributed by atoms with Crippen LogP contribution in [0.2, 0.25) is 0 Å². The number of benzene rings is 2. The predicted octanol–water partition coefficient (Wildman–Crippen LogP) is 3.89. The van der Waals surface area contributed by atoms with Gasteiger partial charge in [0.05, 0.1) is 0 Å². The Bertz CT molecular complexity index is 700. The maximum atomic E-state index is 12.5. The Morgan fingerprint density at radius 3 is 2.67 bits per heavy atom. The zero-order valence-electron chi connectivity index (χ0n) is 14.9. The first-order valence-corrected chi connectivity index (χ1v) is 9.19. The zero-order chi connectivity index (χ0) is 17.5. The molecule has 2 aromatic carbocycles. The number of carbonyl (C=O) groups is 1. The molecule has 0 fully saturated rings. The molecular weight excluding hydrogens is 316 g/mol. The quantitative estimate of drug-likeness (QED) is 0.775. The van der Waals surface area contributed by atoms with E-state index in [2.05, 4.69) is 43.4 Å². The van der Waals surface area contributed by atoms with E-state index in [9.17, 15) is 4.79 Å². The molecule has 0 heterocycles. The number of nitrogens with one attached hydrogen (secondary N) is 1. The molecule has 3 nitrogen and oxygen atoms in total. The van der Waals surface area contributed by atoms with Gasteiger partial charge in [0.1, 0.15) is 0 Å². The molecule has 0 saturated heterocycles. The molecular formula is C20H26N2OS. The average Bonchev–Trinajstić information content (AvgIpc) is 2.58. The number of aryl methyl sites for hydroxylation is 2. The van der Waals surface area contributed by atoms with E-state index < -0.39 is 0 Å². The second-order valence-corrected chi connectivity index (χ2v) is 7.11. The van der Waals surface area contributed by atoms with Gasteiger partial charge in [-0.05, 0) is 50.2 Å². The van der Waals surface area contributed by atoms with Gasteiger partial charge >= 0.3 is 0 Å². The first-order chi connectivity index (χ1) is 11.5. The van der Waals surface area contributed by atoms with Crippen LogP contribution in [0.25, 0.3) is 0 Å². The molecule has 2 rings (SSSR count). The van der Waals surface area contributed by atoms with Gasteiger partial charge in [-0.2, -0.15) is 0 Å². The van der Waals surface area contributed by atoms with E-state index in [0.29, 0.717) is 6.54 Å². The number of carbonyl (C=O) groups excluding carboxylic acids is 1. The van der Waals surface area contributed by atoms with Crippen LogP contribution >= 0.6 is 11.8 Å². The lowest BCUT2D eigenvalue weighted by molar-refractivity contribution is 0.0797. The van der Waals surface area contributed by atoms with Gasteiger partial charge in [0, 0.05) is 36.3 Å². The average molecular weight is 343 g/mol. The molecule has 0 unspecified atom stereocenters. The molecule has 0 aliphatic carbocycles. The molecule has 0 aliphatic heterocycles. The number of hydrogen-bond acceptors (Lipinski definition) is 3. The fourth-order valence-corrected chi connectivity index (χ4v) is 3.47. The topological polar surface area (TPSA) is 32.3 Å². The van der Waals surface area contributed by atoms with Crippen LogP contribution in [-0.2, 0) is 5.75 Å². The first-order valence-electron chi connectivity index (χ1n) is 8.20. The lowest BCUT2D eigenvalue weighted by Gasteiger charge is -2.17. The largest absolute Gasteiger partial charge is 0.340 e. The van der Waals surface area contributed by atoms with Crippen molar-refractivity contribution in [3.63, 3.8) is 0 Å². The number of likely N-dealkylation sites (N-methyl/N-ethyl adjacent to an activating group) is 2. The summed E-state index contributed by atoms with van der Waals surface area (Å²) in [6.07, 6.45) is 0. The van der Waals surface area contributed by atoms with Gasteiger partial charge in [0.15, 0.2) is 0 Å². The van der Waals surface area contributed by atoms with Crippen molar-refractivity contribution in [3.05, 3.63) is 64.7 Å². The Morgan fingerprint density at radius 1 is 1.17 bits per heavy atom. The number of amides is 1. The molecule has 0 saturated carbocycles. The monoisotopic (exact) mass is 342 g/mol. The van der Waals surface area contributed by atoms with Crippen LogP contribution in [0, 0.1) is 13.8 Å². The molecule has 1 amide bonds. The summed E-state index contributed by atoms with van der Waals surface area (Å²) in [6, 6.07) is 14.5. The van der Waals surface area contributed by atoms with Crippen LogP contribution in [0.5, 0.6) is 0 Å². The van der Waals surface area contributed by atoms with Crippen molar-refractivity contribution in [1.29, 1.82) is 0 Å². The van der Waals surface area contributed by atoms with Crippen LogP contribution in [0.1, 0.15) is 27.0 Å². The molecule has 2 aromatic rings. The Kier molecular flexibility index (Phi) is 6.88. The summed E-state index contributed by atoms with van der Waals surface area (Å²) >= 11 is 1.82. The Morgan fingerprint density at radius 2 is 1.96 bits per heavy atom. The highest BCUT2D eigenvalue weighted by atomic mass is 32.2. The minimum absolute atomic E-state index is 0.0728. The van der Waals surface area contributed by atoms with E-state index in [1.54, 1.807) is 4.90 Å². The minimum Gasteiger partial charge on any atom is -0.340 e. The zero-order valence-corrected chi connectivity index (χ0v) is 15.7. The lowest BCUT2D eigenvalue weighted by atomic mass is 10.1. The molecule has 1 N–H and O–H groups in total. The molecule has 0 radical (unpaired) electrons. The third kappa shape index (κ3) is 5.11. The van der Waals surface area contributed by atoms with E-state index in [1.807, 2.05) is 44.1 Å². The summed E-state index contributed by atoms with van der Waals surface area (Å²) < 4.78 is 0. The van der Waals surface area contributed by atoms with Crippen molar-refractivity contribution in [1.82, 2.24) is 10.2 Å². The van der Waals surface area contributed by atoms with Crippen LogP contribution in [-0.4, -0.2) is 38.0 Å². The van der Waals surface area contributed by atoms with Gasteiger partial charge < -0.3 is 10.2 Å². The second-order valence-electron chi connectivity index (χ2n) is 6.09. The fraction of sp³-hybridized carbons (Fsp3) is 0.350. The highest BCUT2D eigenvalue weighted by Gasteiger charge is 2.11. The van der Waals surface area contributed by atoms with Crippen molar-refractivity contribution in [3.8, 4) is 0 Å². The lowest BCUT2D eigenvalue weighted by Crippen LogP contribution is -2.32. The van der Waals surface area contributed by atoms with Crippen LogP contribution in [0.3, 0.4) is 0 Å². The van der Waals surface area contributed by atoms with Gasteiger partial charge in [0.25, 0.3) is 5.91 Å². The van der Waals surface area contributed by atoms with E-state index >= 15 is 0 Å². The number of nitrogens with zero attached hydrogens (tertiary/aromatic N) is 1. The van der Waals surface area contributed by atoms with Gasteiger partial charge in [-0.3, -0.25) is 4.79 Å². The fourth-order valence-electron chi connectivity index (χ4n) is 2.52. The number of hydrogen-bond donors (Lipinski definition) is 1. The minimum atomic E-state index is 0.0728. The summed E-state index contributed by atoms with van der Waals surface area (Å²) in [5.74, 6) is 0.939. The van der Waals surface area contributed by atoms with E-state index in [4.69, 9.17) is 0 Å². The maximum absolute atomic E-state index is 12.5. The van der Waals surface area contributed by atoms with Crippen molar-refractivity contribution in [2.75, 3.05) is 27.2 Å². The van der Waals surface area contributed by atoms with Crippen LogP contribution < -0.4 is 5.32 Å². The number of rotatable bonds is 7. The normalized spacial score (nSPS) is 10.7. The molecule has 0 bridgehead atoms. The van der Waals surface area contributed by atoms with Gasteiger partial charge in [-0.15, -0.1) is 11.8 Å². The number of thioether (sulfide) groups is 1. The molecule has 128 valence electrons. The highest BCUT2D eigenvalue weighted by molar-refractivity contribution is 7.98. The third-order valence-electron chi connectivity index (χ3n) is 3.94. The molecule has 0 aliphatic rings. The Labute approximate surface area is 149 Å². The smallest absolute Gasteiger partial charge is 0.253 e. The summed E-state index contributed by atoms with van der Waals surface area (Å²) in [5.41, 5.74) is 4.52. The van der Waals surface area contributed by atoms with Crippen LogP contribution in [0.15, 0.2) is 47.4 Å². The highest BCUT2D eigenvalue weighted by Crippen LogP contribution is 2.27. The van der Waals surface area contributed by atoms with E-state index in [0.717, 1.165) is 17.9 Å². The summed E-state index contributed by atoms with van der Waals surface area (Å²) in [5, 5.41) is 3.07. The van der Waals surface area contributed by atoms with Crippen molar-refractivity contribution in [2.45, 2.75) is 24.5 Å². The summed E-state index contributed by atoms with van der Waals surface area (Å²) in [4.78, 5) is 15.5. The van der Waals surface area contributed by atoms with Crippen molar-refractivity contribution in [2.24, 2.45) is 0 Å². The molecule has 4 heteroatoms. The van der Waals surface area contributed by atoms with E-state index in [-0.39, 0.29) is 5.91 Å². The standard InChI is InChI=1S/C20H26N2OS/c1-15-8-9-19(16(2)12-15)24-14-17-6-5-7-18(13-17)20(23)22(4)11-10-21-3/h5-9,12-13,21H,10-11,14H2,1-4H3. The van der Waals surface area contributed by atoms with Gasteiger partial charge in [0.2, 0.25) is 0 Å². The van der Waals surface area contributed by atoms with Gasteiger partial charge in [-0.25, -0.2) is 0 Å². The molecule has 0 aromatic heterocycles. The molecule has 24 heavy (non-hydrogen) atoms. The summed E-state index contributed by atoms with van der Waals surface area (Å²) in [7, 11) is 3.74. The van der Waals surface area contributed by atoms with Crippen LogP contribution in [0.4, 0.5) is 0 Å². The second kappa shape index (κ2) is 8.90.